The Hall–Kier alpha value is -2.20. The number of aryl methyl sites for hydroxylation is 1. The molecule has 20 heavy (non-hydrogen) atoms. The van der Waals surface area contributed by atoms with Crippen molar-refractivity contribution in [3.63, 3.8) is 0 Å². The third-order valence-electron chi connectivity index (χ3n) is 3.73. The van der Waals surface area contributed by atoms with Crippen molar-refractivity contribution in [2.24, 2.45) is 0 Å². The molecule has 0 saturated heterocycles. The average Bonchev–Trinajstić information content (AvgIpc) is 2.89. The first kappa shape index (κ1) is 11.6. The zero-order chi connectivity index (χ0) is 13.5. The number of benzene rings is 1. The van der Waals surface area contributed by atoms with E-state index >= 15 is 0 Å². The number of fused-ring (bicyclic) bond motifs is 2. The summed E-state index contributed by atoms with van der Waals surface area (Å²) in [5.41, 5.74) is 6.13. The molecule has 0 amide bonds. The van der Waals surface area contributed by atoms with E-state index in [1.807, 2.05) is 19.1 Å². The number of nitrogens with zero attached hydrogens (tertiary/aromatic N) is 2. The second-order valence-electron chi connectivity index (χ2n) is 5.20. The molecule has 0 bridgehead atoms. The summed E-state index contributed by atoms with van der Waals surface area (Å²) >= 11 is 0. The van der Waals surface area contributed by atoms with Gasteiger partial charge in [-0.15, -0.1) is 0 Å². The predicted octanol–water partition coefficient (Wildman–Crippen LogP) is 2.84. The fraction of sp³-hybridized carbons (Fsp3) is 0.250. The van der Waals surface area contributed by atoms with E-state index < -0.39 is 0 Å². The van der Waals surface area contributed by atoms with Crippen molar-refractivity contribution in [3.05, 3.63) is 47.2 Å². The Labute approximate surface area is 116 Å². The summed E-state index contributed by atoms with van der Waals surface area (Å²) in [6.45, 7) is 3.93. The van der Waals surface area contributed by atoms with Crippen molar-refractivity contribution in [1.29, 1.82) is 0 Å². The van der Waals surface area contributed by atoms with Gasteiger partial charge < -0.3 is 9.73 Å². The van der Waals surface area contributed by atoms with Crippen LogP contribution < -0.4 is 5.32 Å². The Balaban J connectivity index is 1.82. The summed E-state index contributed by atoms with van der Waals surface area (Å²) < 4.78 is 5.81. The quantitative estimate of drug-likeness (QED) is 0.735. The number of rotatable bonds is 1. The van der Waals surface area contributed by atoms with Crippen molar-refractivity contribution in [2.75, 3.05) is 6.54 Å². The van der Waals surface area contributed by atoms with Gasteiger partial charge in [0.15, 0.2) is 11.2 Å². The second-order valence-corrected chi connectivity index (χ2v) is 5.20. The van der Waals surface area contributed by atoms with Gasteiger partial charge in [0.25, 0.3) is 0 Å². The molecule has 1 aliphatic rings. The number of hydrogen-bond donors (Lipinski definition) is 1. The summed E-state index contributed by atoms with van der Waals surface area (Å²) in [5, 5.41) is 3.39. The molecule has 0 radical (unpaired) electrons. The van der Waals surface area contributed by atoms with Gasteiger partial charge in [0.2, 0.25) is 5.89 Å². The number of hydrogen-bond acceptors (Lipinski definition) is 4. The van der Waals surface area contributed by atoms with Crippen molar-refractivity contribution in [2.45, 2.75) is 19.9 Å². The molecule has 0 fully saturated rings. The molecule has 2 aromatic heterocycles. The Morgan fingerprint density at radius 1 is 1.10 bits per heavy atom. The van der Waals surface area contributed by atoms with E-state index in [1.54, 1.807) is 0 Å². The summed E-state index contributed by atoms with van der Waals surface area (Å²) in [7, 11) is 0. The fourth-order valence-electron chi connectivity index (χ4n) is 2.65. The number of nitrogens with one attached hydrogen (secondary N) is 1. The van der Waals surface area contributed by atoms with Crippen molar-refractivity contribution in [1.82, 2.24) is 15.3 Å². The maximum atomic E-state index is 5.81. The highest BCUT2D eigenvalue weighted by molar-refractivity contribution is 5.72. The molecule has 0 unspecified atom stereocenters. The van der Waals surface area contributed by atoms with Gasteiger partial charge in [-0.25, -0.2) is 4.98 Å². The van der Waals surface area contributed by atoms with E-state index in [9.17, 15) is 0 Å². The lowest BCUT2D eigenvalue weighted by Crippen LogP contribution is -2.23. The van der Waals surface area contributed by atoms with Crippen LogP contribution in [0.25, 0.3) is 22.7 Å². The minimum absolute atomic E-state index is 0.645. The van der Waals surface area contributed by atoms with Gasteiger partial charge in [-0.05, 0) is 55.3 Å². The predicted molar refractivity (Wildman–Crippen MR) is 77.4 cm³/mol. The van der Waals surface area contributed by atoms with Gasteiger partial charge in [0, 0.05) is 17.8 Å². The minimum Gasteiger partial charge on any atom is -0.434 e. The summed E-state index contributed by atoms with van der Waals surface area (Å²) in [4.78, 5) is 8.89. The molecule has 0 spiro atoms. The largest absolute Gasteiger partial charge is 0.434 e. The molecule has 4 nitrogen and oxygen atoms in total. The third-order valence-corrected chi connectivity index (χ3v) is 3.73. The smallest absolute Gasteiger partial charge is 0.228 e. The molecule has 4 rings (SSSR count). The Kier molecular flexibility index (Phi) is 2.57. The molecule has 0 saturated carbocycles. The topological polar surface area (TPSA) is 51.0 Å². The van der Waals surface area contributed by atoms with Crippen molar-refractivity contribution in [3.8, 4) is 11.5 Å². The van der Waals surface area contributed by atoms with Gasteiger partial charge >= 0.3 is 0 Å². The zero-order valence-corrected chi connectivity index (χ0v) is 11.3. The number of pyridine rings is 1. The highest BCUT2D eigenvalue weighted by atomic mass is 16.3. The molecule has 0 atom stereocenters. The van der Waals surface area contributed by atoms with Crippen molar-refractivity contribution < 1.29 is 4.42 Å². The average molecular weight is 265 g/mol. The molecular weight excluding hydrogens is 250 g/mol. The maximum absolute atomic E-state index is 5.81. The van der Waals surface area contributed by atoms with Gasteiger partial charge in [-0.1, -0.05) is 6.07 Å². The van der Waals surface area contributed by atoms with Crippen LogP contribution in [0.4, 0.5) is 0 Å². The first-order valence-corrected chi connectivity index (χ1v) is 6.87. The van der Waals surface area contributed by atoms with Gasteiger partial charge in [0.05, 0.1) is 0 Å². The van der Waals surface area contributed by atoms with Gasteiger partial charge in [-0.3, -0.25) is 0 Å². The standard InChI is InChI=1S/C16H15N3O/c1-10-2-5-14-15(18-10)19-16(20-14)12-4-3-11-6-7-17-9-13(11)8-12/h2-5,8,17H,6-7,9H2,1H3. The summed E-state index contributed by atoms with van der Waals surface area (Å²) in [6, 6.07) is 10.3. The van der Waals surface area contributed by atoms with E-state index in [1.165, 1.54) is 11.1 Å². The summed E-state index contributed by atoms with van der Waals surface area (Å²) in [6.07, 6.45) is 1.09. The highest BCUT2D eigenvalue weighted by Crippen LogP contribution is 2.26. The van der Waals surface area contributed by atoms with Crippen LogP contribution in [0.3, 0.4) is 0 Å². The molecule has 3 aromatic rings. The van der Waals surface area contributed by atoms with E-state index in [-0.39, 0.29) is 0 Å². The number of aromatic nitrogens is 2. The molecule has 4 heteroatoms. The molecular formula is C16H15N3O. The van der Waals surface area contributed by atoms with Crippen molar-refractivity contribution >= 4 is 11.2 Å². The zero-order valence-electron chi connectivity index (χ0n) is 11.3. The SMILES string of the molecule is Cc1ccc2oc(-c3ccc4c(c3)CNCC4)nc2n1. The van der Waals surface area contributed by atoms with Crippen LogP contribution in [0.5, 0.6) is 0 Å². The molecule has 1 aromatic carbocycles. The Morgan fingerprint density at radius 2 is 2.05 bits per heavy atom. The van der Waals surface area contributed by atoms with E-state index in [0.717, 1.165) is 36.4 Å². The second kappa shape index (κ2) is 4.42. The third kappa shape index (κ3) is 1.89. The molecule has 0 aliphatic carbocycles. The van der Waals surface area contributed by atoms with E-state index in [4.69, 9.17) is 4.42 Å². The van der Waals surface area contributed by atoms with Crippen LogP contribution >= 0.6 is 0 Å². The molecule has 3 heterocycles. The summed E-state index contributed by atoms with van der Waals surface area (Å²) in [5.74, 6) is 0.645. The fourth-order valence-corrected chi connectivity index (χ4v) is 2.65. The van der Waals surface area contributed by atoms with Crippen LogP contribution in [-0.2, 0) is 13.0 Å². The lowest BCUT2D eigenvalue weighted by Gasteiger charge is -2.17. The van der Waals surface area contributed by atoms with Crippen LogP contribution in [-0.4, -0.2) is 16.5 Å². The van der Waals surface area contributed by atoms with Gasteiger partial charge in [-0.2, -0.15) is 4.98 Å². The lowest BCUT2D eigenvalue weighted by molar-refractivity contribution is 0.617. The minimum atomic E-state index is 0.645. The molecule has 100 valence electrons. The van der Waals surface area contributed by atoms with Gasteiger partial charge in [0.1, 0.15) is 0 Å². The molecule has 1 N–H and O–H groups in total. The maximum Gasteiger partial charge on any atom is 0.228 e. The van der Waals surface area contributed by atoms with Crippen LogP contribution in [0.2, 0.25) is 0 Å². The lowest BCUT2D eigenvalue weighted by atomic mass is 9.98. The van der Waals surface area contributed by atoms with Crippen LogP contribution in [0.1, 0.15) is 16.8 Å². The first-order chi connectivity index (χ1) is 9.79. The normalized spacial score (nSPS) is 14.4. The Bertz CT molecular complexity index is 792. The number of oxazole rings is 1. The van der Waals surface area contributed by atoms with Crippen LogP contribution in [0, 0.1) is 6.92 Å². The molecule has 1 aliphatic heterocycles. The van der Waals surface area contributed by atoms with E-state index in [2.05, 4.69) is 33.5 Å². The highest BCUT2D eigenvalue weighted by Gasteiger charge is 2.13. The van der Waals surface area contributed by atoms with Crippen LogP contribution in [0.15, 0.2) is 34.7 Å². The first-order valence-electron chi connectivity index (χ1n) is 6.87. The Morgan fingerprint density at radius 3 is 3.00 bits per heavy atom. The monoisotopic (exact) mass is 265 g/mol. The van der Waals surface area contributed by atoms with E-state index in [0.29, 0.717) is 11.5 Å².